The van der Waals surface area contributed by atoms with E-state index in [1.165, 1.54) is 5.56 Å². The molecular formula is C11H19N3. The average Bonchev–Trinajstić information content (AvgIpc) is 2.25. The molecule has 78 valence electrons. The largest absolute Gasteiger partial charge is 0.320 e. The molecule has 1 rings (SSSR count). The second kappa shape index (κ2) is 6.51. The van der Waals surface area contributed by atoms with Crippen LogP contribution in [0.4, 0.5) is 0 Å². The van der Waals surface area contributed by atoms with Crippen LogP contribution in [-0.2, 0) is 0 Å². The summed E-state index contributed by atoms with van der Waals surface area (Å²) in [5.74, 6) is 0.579. The Balaban J connectivity index is 2.58. The monoisotopic (exact) mass is 193 g/mol. The zero-order valence-corrected chi connectivity index (χ0v) is 8.96. The van der Waals surface area contributed by atoms with Crippen molar-refractivity contribution in [3.05, 3.63) is 30.1 Å². The molecule has 0 radical (unpaired) electrons. The molecule has 0 fully saturated rings. The van der Waals surface area contributed by atoms with E-state index in [0.29, 0.717) is 5.92 Å². The smallest absolute Gasteiger partial charge is 0.0270 e. The lowest BCUT2D eigenvalue weighted by molar-refractivity contribution is 0.565. The molecule has 1 aromatic rings. The van der Waals surface area contributed by atoms with E-state index in [9.17, 15) is 0 Å². The lowest BCUT2D eigenvalue weighted by Crippen LogP contribution is -2.21. The topological polar surface area (TPSA) is 37.0 Å². The van der Waals surface area contributed by atoms with Crippen LogP contribution in [0.5, 0.6) is 0 Å². The van der Waals surface area contributed by atoms with Gasteiger partial charge in [-0.1, -0.05) is 0 Å². The van der Waals surface area contributed by atoms with Gasteiger partial charge in [0.2, 0.25) is 0 Å². The van der Waals surface area contributed by atoms with Crippen molar-refractivity contribution in [1.29, 1.82) is 0 Å². The molecule has 0 bridgehead atoms. The molecular weight excluding hydrogens is 174 g/mol. The van der Waals surface area contributed by atoms with Crippen LogP contribution in [-0.4, -0.2) is 32.2 Å². The van der Waals surface area contributed by atoms with Crippen LogP contribution in [0.25, 0.3) is 0 Å². The summed E-state index contributed by atoms with van der Waals surface area (Å²) in [5, 5.41) is 6.41. The number of rotatable bonds is 6. The normalized spacial score (nSPS) is 12.7. The zero-order chi connectivity index (χ0) is 10.2. The quantitative estimate of drug-likeness (QED) is 0.707. The fourth-order valence-corrected chi connectivity index (χ4v) is 1.59. The van der Waals surface area contributed by atoms with E-state index >= 15 is 0 Å². The summed E-state index contributed by atoms with van der Waals surface area (Å²) in [7, 11) is 3.98. The van der Waals surface area contributed by atoms with Gasteiger partial charge in [-0.15, -0.1) is 0 Å². The molecule has 0 aliphatic carbocycles. The molecule has 0 aliphatic heterocycles. The van der Waals surface area contributed by atoms with Gasteiger partial charge < -0.3 is 10.6 Å². The Hall–Kier alpha value is -0.930. The first-order valence-electron chi connectivity index (χ1n) is 5.07. The fourth-order valence-electron chi connectivity index (χ4n) is 1.59. The standard InChI is InChI=1S/C11H19N3/c1-12-6-3-11(9-13-2)10-4-7-14-8-5-10/h4-5,7-8,11-13H,3,6,9H2,1-2H3. The molecule has 0 aliphatic rings. The maximum absolute atomic E-state index is 4.03. The first-order valence-corrected chi connectivity index (χ1v) is 5.07. The Morgan fingerprint density at radius 3 is 2.50 bits per heavy atom. The minimum atomic E-state index is 0.579. The first-order chi connectivity index (χ1) is 6.88. The van der Waals surface area contributed by atoms with Gasteiger partial charge in [-0.3, -0.25) is 4.98 Å². The number of aromatic nitrogens is 1. The van der Waals surface area contributed by atoms with Crippen LogP contribution in [0.15, 0.2) is 24.5 Å². The van der Waals surface area contributed by atoms with Crippen LogP contribution in [0.2, 0.25) is 0 Å². The van der Waals surface area contributed by atoms with Gasteiger partial charge in [-0.25, -0.2) is 0 Å². The maximum Gasteiger partial charge on any atom is 0.0270 e. The molecule has 1 atom stereocenters. The summed E-state index contributed by atoms with van der Waals surface area (Å²) < 4.78 is 0. The molecule has 1 aromatic heterocycles. The van der Waals surface area contributed by atoms with Crippen LogP contribution >= 0.6 is 0 Å². The molecule has 0 amide bonds. The number of likely N-dealkylation sites (N-methyl/N-ethyl adjacent to an activating group) is 1. The van der Waals surface area contributed by atoms with Gasteiger partial charge in [0, 0.05) is 18.9 Å². The summed E-state index contributed by atoms with van der Waals surface area (Å²) in [6.07, 6.45) is 4.87. The molecule has 3 nitrogen and oxygen atoms in total. The molecule has 14 heavy (non-hydrogen) atoms. The van der Waals surface area contributed by atoms with Crippen molar-refractivity contribution in [2.24, 2.45) is 0 Å². The van der Waals surface area contributed by atoms with Crippen molar-refractivity contribution in [3.63, 3.8) is 0 Å². The average molecular weight is 193 g/mol. The molecule has 3 heteroatoms. The third kappa shape index (κ3) is 3.44. The minimum absolute atomic E-state index is 0.579. The van der Waals surface area contributed by atoms with E-state index < -0.39 is 0 Å². The highest BCUT2D eigenvalue weighted by Crippen LogP contribution is 2.16. The van der Waals surface area contributed by atoms with E-state index in [4.69, 9.17) is 0 Å². The summed E-state index contributed by atoms with van der Waals surface area (Å²) in [6, 6.07) is 4.19. The SMILES string of the molecule is CNCCC(CNC)c1ccncc1. The Labute approximate surface area is 85.9 Å². The number of nitrogens with zero attached hydrogens (tertiary/aromatic N) is 1. The molecule has 2 N–H and O–H groups in total. The van der Waals surface area contributed by atoms with Crippen LogP contribution < -0.4 is 10.6 Å². The second-order valence-corrected chi connectivity index (χ2v) is 3.43. The summed E-state index contributed by atoms with van der Waals surface area (Å²) in [5.41, 5.74) is 1.37. The highest BCUT2D eigenvalue weighted by Gasteiger charge is 2.08. The van der Waals surface area contributed by atoms with Gasteiger partial charge in [0.25, 0.3) is 0 Å². The number of hydrogen-bond acceptors (Lipinski definition) is 3. The number of pyridine rings is 1. The van der Waals surface area contributed by atoms with Gasteiger partial charge in [0.05, 0.1) is 0 Å². The third-order valence-corrected chi connectivity index (χ3v) is 2.37. The summed E-state index contributed by atoms with van der Waals surface area (Å²) in [6.45, 7) is 2.07. The fraction of sp³-hybridized carbons (Fsp3) is 0.545. The van der Waals surface area contributed by atoms with Gasteiger partial charge >= 0.3 is 0 Å². The third-order valence-electron chi connectivity index (χ3n) is 2.37. The summed E-state index contributed by atoms with van der Waals surface area (Å²) in [4.78, 5) is 4.03. The van der Waals surface area contributed by atoms with Crippen molar-refractivity contribution in [2.45, 2.75) is 12.3 Å². The van der Waals surface area contributed by atoms with E-state index in [1.807, 2.05) is 26.5 Å². The van der Waals surface area contributed by atoms with E-state index in [1.54, 1.807) is 0 Å². The molecule has 0 saturated carbocycles. The number of nitrogens with one attached hydrogen (secondary N) is 2. The molecule has 0 saturated heterocycles. The first kappa shape index (κ1) is 11.1. The Kier molecular flexibility index (Phi) is 5.19. The second-order valence-electron chi connectivity index (χ2n) is 3.43. The minimum Gasteiger partial charge on any atom is -0.320 e. The Morgan fingerprint density at radius 1 is 1.21 bits per heavy atom. The van der Waals surface area contributed by atoms with Gasteiger partial charge in [0.1, 0.15) is 0 Å². The van der Waals surface area contributed by atoms with Crippen LogP contribution in [0.3, 0.4) is 0 Å². The highest BCUT2D eigenvalue weighted by molar-refractivity contribution is 5.16. The lowest BCUT2D eigenvalue weighted by atomic mass is 9.97. The van der Waals surface area contributed by atoms with Crippen molar-refractivity contribution in [2.75, 3.05) is 27.2 Å². The zero-order valence-electron chi connectivity index (χ0n) is 8.96. The highest BCUT2D eigenvalue weighted by atomic mass is 14.8. The number of hydrogen-bond donors (Lipinski definition) is 2. The van der Waals surface area contributed by atoms with Gasteiger partial charge in [-0.05, 0) is 50.7 Å². The molecule has 0 aromatic carbocycles. The van der Waals surface area contributed by atoms with E-state index in [0.717, 1.165) is 19.5 Å². The molecule has 1 unspecified atom stereocenters. The van der Waals surface area contributed by atoms with Crippen molar-refractivity contribution >= 4 is 0 Å². The van der Waals surface area contributed by atoms with Gasteiger partial charge in [-0.2, -0.15) is 0 Å². The van der Waals surface area contributed by atoms with E-state index in [-0.39, 0.29) is 0 Å². The van der Waals surface area contributed by atoms with E-state index in [2.05, 4.69) is 27.8 Å². The van der Waals surface area contributed by atoms with Crippen LogP contribution in [0.1, 0.15) is 17.9 Å². The van der Waals surface area contributed by atoms with Crippen molar-refractivity contribution < 1.29 is 0 Å². The molecule has 0 spiro atoms. The molecule has 1 heterocycles. The predicted molar refractivity (Wildman–Crippen MR) is 59.4 cm³/mol. The Morgan fingerprint density at radius 2 is 1.93 bits per heavy atom. The summed E-state index contributed by atoms with van der Waals surface area (Å²) >= 11 is 0. The maximum atomic E-state index is 4.03. The van der Waals surface area contributed by atoms with Crippen LogP contribution in [0, 0.1) is 0 Å². The lowest BCUT2D eigenvalue weighted by Gasteiger charge is -2.16. The van der Waals surface area contributed by atoms with Crippen molar-refractivity contribution in [1.82, 2.24) is 15.6 Å². The van der Waals surface area contributed by atoms with Gasteiger partial charge in [0.15, 0.2) is 0 Å². The van der Waals surface area contributed by atoms with Crippen molar-refractivity contribution in [3.8, 4) is 0 Å². The predicted octanol–water partition coefficient (Wildman–Crippen LogP) is 0.994. The Bertz CT molecular complexity index is 236.